The first-order chi connectivity index (χ1) is 9.11. The van der Waals surface area contributed by atoms with Crippen LogP contribution in [-0.2, 0) is 4.79 Å². The van der Waals surface area contributed by atoms with Crippen LogP contribution in [0.3, 0.4) is 0 Å². The topological polar surface area (TPSA) is 17.1 Å². The Balaban J connectivity index is 2.23. The molecule has 2 atom stereocenters. The van der Waals surface area contributed by atoms with E-state index in [9.17, 15) is 4.79 Å². The second-order valence-electron chi connectivity index (χ2n) is 5.11. The lowest BCUT2D eigenvalue weighted by Gasteiger charge is -2.18. The Morgan fingerprint density at radius 2 is 1.42 bits per heavy atom. The van der Waals surface area contributed by atoms with E-state index in [1.54, 1.807) is 0 Å². The molecule has 0 heterocycles. The van der Waals surface area contributed by atoms with Crippen LogP contribution in [0.1, 0.15) is 42.4 Å². The fourth-order valence-electron chi connectivity index (χ4n) is 2.51. The van der Waals surface area contributed by atoms with Gasteiger partial charge in [-0.3, -0.25) is 4.79 Å². The van der Waals surface area contributed by atoms with Crippen LogP contribution >= 0.6 is 0 Å². The molecule has 19 heavy (non-hydrogen) atoms. The van der Waals surface area contributed by atoms with Gasteiger partial charge in [0.05, 0.1) is 0 Å². The van der Waals surface area contributed by atoms with Crippen molar-refractivity contribution in [3.05, 3.63) is 71.3 Å². The molecule has 98 valence electrons. The van der Waals surface area contributed by atoms with Gasteiger partial charge >= 0.3 is 0 Å². The Kier molecular flexibility index (Phi) is 4.16. The van der Waals surface area contributed by atoms with E-state index in [1.807, 2.05) is 56.3 Å². The highest BCUT2D eigenvalue weighted by atomic mass is 16.1. The third kappa shape index (κ3) is 2.93. The summed E-state index contributed by atoms with van der Waals surface area (Å²) in [5, 5.41) is 0. The molecule has 0 N–H and O–H groups in total. The summed E-state index contributed by atoms with van der Waals surface area (Å²) in [6, 6.07) is 18.1. The van der Waals surface area contributed by atoms with Crippen molar-refractivity contribution in [2.24, 2.45) is 0 Å². The number of hydrogen-bond donors (Lipinski definition) is 0. The molecule has 0 fully saturated rings. The first-order valence-electron chi connectivity index (χ1n) is 6.75. The molecule has 0 aromatic heterocycles. The molecule has 1 nitrogen and oxygen atoms in total. The number of hydrogen-bond acceptors (Lipinski definition) is 1. The molecule has 0 saturated carbocycles. The molecule has 0 amide bonds. The van der Waals surface area contributed by atoms with E-state index in [2.05, 4.69) is 19.1 Å². The zero-order valence-electron chi connectivity index (χ0n) is 11.8. The summed E-state index contributed by atoms with van der Waals surface area (Å²) in [4.78, 5) is 12.6. The van der Waals surface area contributed by atoms with Crippen molar-refractivity contribution >= 4 is 5.78 Å². The van der Waals surface area contributed by atoms with Gasteiger partial charge in [-0.2, -0.15) is 0 Å². The quantitative estimate of drug-likeness (QED) is 0.784. The molecule has 2 aromatic rings. The zero-order chi connectivity index (χ0) is 13.8. The molecule has 1 heteroatoms. The molecular weight excluding hydrogens is 232 g/mol. The van der Waals surface area contributed by atoms with Gasteiger partial charge in [-0.15, -0.1) is 0 Å². The molecule has 2 unspecified atom stereocenters. The second kappa shape index (κ2) is 5.83. The summed E-state index contributed by atoms with van der Waals surface area (Å²) in [6.07, 6.45) is 0. The normalized spacial score (nSPS) is 13.8. The predicted octanol–water partition coefficient (Wildman–Crippen LogP) is 4.47. The van der Waals surface area contributed by atoms with E-state index in [0.717, 1.165) is 11.1 Å². The van der Waals surface area contributed by atoms with Crippen molar-refractivity contribution < 1.29 is 4.79 Å². The predicted molar refractivity (Wildman–Crippen MR) is 79.5 cm³/mol. The van der Waals surface area contributed by atoms with Gasteiger partial charge in [0.25, 0.3) is 0 Å². The van der Waals surface area contributed by atoms with Crippen LogP contribution in [0.2, 0.25) is 0 Å². The lowest BCUT2D eigenvalue weighted by molar-refractivity contribution is -0.121. The minimum Gasteiger partial charge on any atom is -0.298 e. The molecule has 0 radical (unpaired) electrons. The van der Waals surface area contributed by atoms with Gasteiger partial charge in [0, 0.05) is 11.8 Å². The lowest BCUT2D eigenvalue weighted by atomic mass is 9.84. The number of aryl methyl sites for hydroxylation is 1. The van der Waals surface area contributed by atoms with E-state index in [0.29, 0.717) is 0 Å². The summed E-state index contributed by atoms with van der Waals surface area (Å²) >= 11 is 0. The van der Waals surface area contributed by atoms with E-state index >= 15 is 0 Å². The van der Waals surface area contributed by atoms with Gasteiger partial charge in [0.15, 0.2) is 0 Å². The van der Waals surface area contributed by atoms with E-state index in [-0.39, 0.29) is 17.6 Å². The maximum atomic E-state index is 12.6. The zero-order valence-corrected chi connectivity index (χ0v) is 11.8. The summed E-state index contributed by atoms with van der Waals surface area (Å²) in [5.41, 5.74) is 3.41. The molecule has 0 spiro atoms. The van der Waals surface area contributed by atoms with Gasteiger partial charge in [0.2, 0.25) is 0 Å². The van der Waals surface area contributed by atoms with Gasteiger partial charge < -0.3 is 0 Å². The minimum atomic E-state index is -0.0594. The maximum absolute atomic E-state index is 12.6. The Morgan fingerprint density at radius 3 is 2.05 bits per heavy atom. The van der Waals surface area contributed by atoms with Crippen molar-refractivity contribution in [2.75, 3.05) is 0 Å². The highest BCUT2D eigenvalue weighted by Gasteiger charge is 2.23. The highest BCUT2D eigenvalue weighted by molar-refractivity contribution is 5.91. The number of Topliss-reactive ketones (excluding diaryl/α,β-unsaturated/α-hetero) is 1. The highest BCUT2D eigenvalue weighted by Crippen LogP contribution is 2.27. The van der Waals surface area contributed by atoms with Gasteiger partial charge in [-0.25, -0.2) is 0 Å². The summed E-state index contributed by atoms with van der Waals surface area (Å²) in [7, 11) is 0. The fraction of sp³-hybridized carbons (Fsp3) is 0.278. The third-order valence-electron chi connectivity index (χ3n) is 3.81. The van der Waals surface area contributed by atoms with Crippen molar-refractivity contribution in [3.8, 4) is 0 Å². The molecule has 2 aromatic carbocycles. The average molecular weight is 252 g/mol. The van der Waals surface area contributed by atoms with Crippen LogP contribution in [-0.4, -0.2) is 5.78 Å². The summed E-state index contributed by atoms with van der Waals surface area (Å²) < 4.78 is 0. The smallest absolute Gasteiger partial charge is 0.147 e. The number of ketones is 1. The third-order valence-corrected chi connectivity index (χ3v) is 3.81. The molecule has 2 rings (SSSR count). The second-order valence-corrected chi connectivity index (χ2v) is 5.11. The van der Waals surface area contributed by atoms with Crippen molar-refractivity contribution in [3.63, 3.8) is 0 Å². The molecular formula is C18H20O. The van der Waals surface area contributed by atoms with Gasteiger partial charge in [-0.1, -0.05) is 68.4 Å². The van der Waals surface area contributed by atoms with Gasteiger partial charge in [-0.05, 0) is 23.6 Å². The Labute approximate surface area is 115 Å². The van der Waals surface area contributed by atoms with Crippen molar-refractivity contribution in [1.82, 2.24) is 0 Å². The fourth-order valence-corrected chi connectivity index (χ4v) is 2.51. The van der Waals surface area contributed by atoms with Crippen LogP contribution in [0.5, 0.6) is 0 Å². The van der Waals surface area contributed by atoms with Crippen LogP contribution in [0.15, 0.2) is 54.6 Å². The Bertz CT molecular complexity index is 557. The van der Waals surface area contributed by atoms with Gasteiger partial charge in [0.1, 0.15) is 5.78 Å². The lowest BCUT2D eigenvalue weighted by Crippen LogP contribution is -2.17. The van der Waals surface area contributed by atoms with Crippen molar-refractivity contribution in [1.29, 1.82) is 0 Å². The molecule has 0 bridgehead atoms. The van der Waals surface area contributed by atoms with Crippen LogP contribution in [0, 0.1) is 6.92 Å². The molecule has 0 aliphatic rings. The minimum absolute atomic E-state index is 0.0589. The Morgan fingerprint density at radius 1 is 0.842 bits per heavy atom. The number of carbonyl (C=O) groups is 1. The van der Waals surface area contributed by atoms with Crippen LogP contribution in [0.4, 0.5) is 0 Å². The van der Waals surface area contributed by atoms with Crippen LogP contribution in [0.25, 0.3) is 0 Å². The van der Waals surface area contributed by atoms with Crippen molar-refractivity contribution in [2.45, 2.75) is 32.6 Å². The first-order valence-corrected chi connectivity index (χ1v) is 6.75. The number of benzene rings is 2. The number of carbonyl (C=O) groups excluding carboxylic acids is 1. The molecule has 0 saturated heterocycles. The summed E-state index contributed by atoms with van der Waals surface area (Å²) in [6.45, 7) is 6.06. The standard InChI is InChI=1S/C18H20O/c1-13-9-7-8-12-17(13)15(3)18(19)14(2)16-10-5-4-6-11-16/h4-12,14-15H,1-3H3. The SMILES string of the molecule is Cc1ccccc1C(C)C(=O)C(C)c1ccccc1. The first kappa shape index (κ1) is 13.5. The van der Waals surface area contributed by atoms with Crippen LogP contribution < -0.4 is 0 Å². The average Bonchev–Trinajstić information content (AvgIpc) is 2.46. The Hall–Kier alpha value is -1.89. The van der Waals surface area contributed by atoms with E-state index in [1.165, 1.54) is 5.56 Å². The van der Waals surface area contributed by atoms with E-state index < -0.39 is 0 Å². The maximum Gasteiger partial charge on any atom is 0.147 e. The monoisotopic (exact) mass is 252 g/mol. The molecule has 0 aliphatic heterocycles. The summed E-state index contributed by atoms with van der Waals surface area (Å²) in [5.74, 6) is 0.160. The number of rotatable bonds is 4. The van der Waals surface area contributed by atoms with E-state index in [4.69, 9.17) is 0 Å². The largest absolute Gasteiger partial charge is 0.298 e. The molecule has 0 aliphatic carbocycles.